The van der Waals surface area contributed by atoms with Crippen molar-refractivity contribution in [2.45, 2.75) is 66.7 Å². The maximum Gasteiger partial charge on any atom is 0.340 e. The summed E-state index contributed by atoms with van der Waals surface area (Å²) in [6.07, 6.45) is 9.68. The summed E-state index contributed by atoms with van der Waals surface area (Å²) in [7, 11) is 1.37. The Morgan fingerprint density at radius 1 is 1.03 bits per heavy atom. The van der Waals surface area contributed by atoms with E-state index in [1.54, 1.807) is 4.90 Å². The zero-order valence-corrected chi connectivity index (χ0v) is 21.8. The van der Waals surface area contributed by atoms with E-state index in [4.69, 9.17) is 4.74 Å². The maximum absolute atomic E-state index is 13.6. The lowest BCUT2D eigenvalue weighted by Gasteiger charge is -2.20. The van der Waals surface area contributed by atoms with Crippen molar-refractivity contribution < 1.29 is 14.3 Å². The number of nitrogens with zero attached hydrogens (tertiary/aromatic N) is 2. The Bertz CT molecular complexity index is 1250. The maximum atomic E-state index is 13.6. The van der Waals surface area contributed by atoms with Crippen LogP contribution in [0.5, 0.6) is 0 Å². The Morgan fingerprint density at radius 3 is 2.37 bits per heavy atom. The molecule has 2 heterocycles. The van der Waals surface area contributed by atoms with E-state index in [1.807, 2.05) is 13.0 Å². The fraction of sp³-hybridized carbons (Fsp3) is 0.400. The molecule has 0 unspecified atom stereocenters. The normalized spacial score (nSPS) is 17.4. The van der Waals surface area contributed by atoms with E-state index in [-0.39, 0.29) is 5.91 Å². The zero-order valence-electron chi connectivity index (χ0n) is 21.8. The molecule has 5 heteroatoms. The molecule has 0 fully saturated rings. The summed E-state index contributed by atoms with van der Waals surface area (Å²) in [4.78, 5) is 28.1. The van der Waals surface area contributed by atoms with Crippen molar-refractivity contribution in [1.29, 1.82) is 0 Å². The third kappa shape index (κ3) is 4.90. The van der Waals surface area contributed by atoms with Crippen LogP contribution in [0.15, 0.2) is 52.8 Å². The van der Waals surface area contributed by atoms with Crippen molar-refractivity contribution in [1.82, 2.24) is 9.47 Å². The molecule has 2 aromatic rings. The van der Waals surface area contributed by atoms with Gasteiger partial charge < -0.3 is 14.2 Å². The van der Waals surface area contributed by atoms with Crippen LogP contribution in [-0.2, 0) is 14.3 Å². The van der Waals surface area contributed by atoms with Crippen LogP contribution in [0.4, 0.5) is 0 Å². The molecule has 184 valence electrons. The van der Waals surface area contributed by atoms with Crippen LogP contribution < -0.4 is 0 Å². The molecule has 1 aromatic carbocycles. The molecule has 1 aromatic heterocycles. The quantitative estimate of drug-likeness (QED) is 0.283. The van der Waals surface area contributed by atoms with Gasteiger partial charge in [-0.05, 0) is 108 Å². The molecule has 0 bridgehead atoms. The molecule has 0 spiro atoms. The van der Waals surface area contributed by atoms with E-state index in [1.165, 1.54) is 36.7 Å². The highest BCUT2D eigenvalue weighted by Crippen LogP contribution is 2.34. The van der Waals surface area contributed by atoms with Crippen molar-refractivity contribution in [3.63, 3.8) is 0 Å². The Labute approximate surface area is 208 Å². The summed E-state index contributed by atoms with van der Waals surface area (Å²) in [6, 6.07) is 8.56. The van der Waals surface area contributed by atoms with Crippen molar-refractivity contribution >= 4 is 18.0 Å². The van der Waals surface area contributed by atoms with Gasteiger partial charge in [0, 0.05) is 29.3 Å². The number of hydrogen-bond donors (Lipinski definition) is 0. The number of ether oxygens (including phenoxy) is 1. The first-order chi connectivity index (χ1) is 16.7. The van der Waals surface area contributed by atoms with E-state index in [0.717, 1.165) is 41.9 Å². The molecule has 0 N–H and O–H groups in total. The van der Waals surface area contributed by atoms with Gasteiger partial charge in [0.05, 0.1) is 18.3 Å². The third-order valence-electron chi connectivity index (χ3n) is 7.18. The van der Waals surface area contributed by atoms with Gasteiger partial charge in [-0.2, -0.15) is 0 Å². The highest BCUT2D eigenvalue weighted by Gasteiger charge is 2.37. The second kappa shape index (κ2) is 10.1. The number of aromatic nitrogens is 1. The molecular weight excluding hydrogens is 436 g/mol. The molecule has 5 nitrogen and oxygen atoms in total. The molecule has 2 aliphatic rings. The molecule has 0 radical (unpaired) electrons. The summed E-state index contributed by atoms with van der Waals surface area (Å²) in [5, 5.41) is 0. The first-order valence-corrected chi connectivity index (χ1v) is 12.5. The molecule has 35 heavy (non-hydrogen) atoms. The minimum absolute atomic E-state index is 0.129. The Morgan fingerprint density at radius 2 is 1.74 bits per heavy atom. The van der Waals surface area contributed by atoms with E-state index < -0.39 is 5.97 Å². The van der Waals surface area contributed by atoms with Crippen molar-refractivity contribution in [2.75, 3.05) is 13.7 Å². The second-order valence-electron chi connectivity index (χ2n) is 9.83. The summed E-state index contributed by atoms with van der Waals surface area (Å²) in [5.41, 5.74) is 9.39. The van der Waals surface area contributed by atoms with Crippen molar-refractivity contribution in [2.24, 2.45) is 0 Å². The average Bonchev–Trinajstić information content (AvgIpc) is 3.23. The number of rotatable bonds is 6. The number of amides is 1. The highest BCUT2D eigenvalue weighted by molar-refractivity contribution is 6.16. The van der Waals surface area contributed by atoms with Gasteiger partial charge in [0.15, 0.2) is 0 Å². The standard InChI is InChI=1S/C30H36N2O3/c1-19-14-20(2)16-26(15-19)32-21(3)17-25(22(32)4)18-27-28(30(34)35-6)23(5)31(29(27)33)13-12-24-10-8-7-9-11-24/h10,14-18H,7-9,11-13H2,1-6H3/b27-18-. The number of carbonyl (C=O) groups excluding carboxylic acids is 2. The van der Waals surface area contributed by atoms with Crippen molar-refractivity contribution in [3.8, 4) is 5.69 Å². The largest absolute Gasteiger partial charge is 0.465 e. The molecule has 1 aliphatic carbocycles. The van der Waals surface area contributed by atoms with Gasteiger partial charge >= 0.3 is 5.97 Å². The molecular formula is C30H36N2O3. The predicted octanol–water partition coefficient (Wildman–Crippen LogP) is 6.27. The smallest absolute Gasteiger partial charge is 0.340 e. The average molecular weight is 473 g/mol. The van der Waals surface area contributed by atoms with Gasteiger partial charge in [-0.3, -0.25) is 4.79 Å². The third-order valence-corrected chi connectivity index (χ3v) is 7.18. The molecule has 0 saturated heterocycles. The first-order valence-electron chi connectivity index (χ1n) is 12.5. The predicted molar refractivity (Wildman–Crippen MR) is 140 cm³/mol. The van der Waals surface area contributed by atoms with Crippen LogP contribution in [0.3, 0.4) is 0 Å². The number of aryl methyl sites for hydroxylation is 3. The van der Waals surface area contributed by atoms with Gasteiger partial charge in [0.25, 0.3) is 5.91 Å². The SMILES string of the molecule is COC(=O)C1=C(C)N(CCC2=CCCCC2)C(=O)/C1=C\c1cc(C)n(-c2cc(C)cc(C)c2)c1C. The summed E-state index contributed by atoms with van der Waals surface area (Å²) in [6.45, 7) is 10.7. The van der Waals surface area contributed by atoms with Crippen LogP contribution in [0.25, 0.3) is 11.8 Å². The molecule has 1 amide bonds. The van der Waals surface area contributed by atoms with Crippen LogP contribution in [0.2, 0.25) is 0 Å². The molecule has 1 aliphatic heterocycles. The molecule has 0 saturated carbocycles. The van der Waals surface area contributed by atoms with E-state index >= 15 is 0 Å². The lowest BCUT2D eigenvalue weighted by atomic mass is 9.97. The Kier molecular flexibility index (Phi) is 7.15. The van der Waals surface area contributed by atoms with Gasteiger partial charge in [-0.15, -0.1) is 0 Å². The minimum atomic E-state index is -0.468. The minimum Gasteiger partial charge on any atom is -0.465 e. The second-order valence-corrected chi connectivity index (χ2v) is 9.83. The lowest BCUT2D eigenvalue weighted by molar-refractivity contribution is -0.136. The van der Waals surface area contributed by atoms with Crippen LogP contribution in [0.1, 0.15) is 67.1 Å². The van der Waals surface area contributed by atoms with Gasteiger partial charge in [-0.25, -0.2) is 4.79 Å². The number of allylic oxidation sites excluding steroid dienone is 2. The first kappa shape index (κ1) is 24.8. The molecule has 0 atom stereocenters. The number of methoxy groups -OCH3 is 1. The van der Waals surface area contributed by atoms with E-state index in [0.29, 0.717) is 23.4 Å². The van der Waals surface area contributed by atoms with Crippen LogP contribution >= 0.6 is 0 Å². The zero-order chi connectivity index (χ0) is 25.3. The fourth-order valence-electron chi connectivity index (χ4n) is 5.45. The Balaban J connectivity index is 1.71. The summed E-state index contributed by atoms with van der Waals surface area (Å²) < 4.78 is 7.29. The number of hydrogen-bond acceptors (Lipinski definition) is 3. The fourth-order valence-corrected chi connectivity index (χ4v) is 5.45. The number of esters is 1. The van der Waals surface area contributed by atoms with Gasteiger partial charge in [0.2, 0.25) is 0 Å². The van der Waals surface area contributed by atoms with E-state index in [9.17, 15) is 9.59 Å². The monoisotopic (exact) mass is 472 g/mol. The molecule has 4 rings (SSSR count). The van der Waals surface area contributed by atoms with E-state index in [2.05, 4.69) is 62.6 Å². The van der Waals surface area contributed by atoms with Gasteiger partial charge in [0.1, 0.15) is 0 Å². The van der Waals surface area contributed by atoms with Gasteiger partial charge in [-0.1, -0.05) is 17.7 Å². The number of carbonyl (C=O) groups is 2. The van der Waals surface area contributed by atoms with Crippen molar-refractivity contribution in [3.05, 3.63) is 80.8 Å². The summed E-state index contributed by atoms with van der Waals surface area (Å²) in [5.74, 6) is -0.597. The Hall–Kier alpha value is -3.34. The van der Waals surface area contributed by atoms with Crippen LogP contribution in [-0.4, -0.2) is 35.0 Å². The topological polar surface area (TPSA) is 51.5 Å². The number of benzene rings is 1. The lowest BCUT2D eigenvalue weighted by Crippen LogP contribution is -2.26. The van der Waals surface area contributed by atoms with Crippen LogP contribution in [0, 0.1) is 27.7 Å². The summed E-state index contributed by atoms with van der Waals surface area (Å²) >= 11 is 0. The highest BCUT2D eigenvalue weighted by atomic mass is 16.5.